The number of nitrogens with one attached hydrogen (secondary N) is 1. The Balaban J connectivity index is 3.46. The molecule has 0 aliphatic carbocycles. The Hall–Kier alpha value is -1.72. The van der Waals surface area contributed by atoms with Crippen molar-refractivity contribution in [1.29, 1.82) is 0 Å². The Morgan fingerprint density at radius 3 is 1.78 bits per heavy atom. The normalized spacial score (nSPS) is 11.8. The number of methoxy groups -OCH3 is 1. The number of carbonyl (C=O) groups is 4. The van der Waals surface area contributed by atoms with Gasteiger partial charge in [-0.15, -0.1) is 0 Å². The number of Topliss-reactive ketones (excluding diaryl/α,β-unsaturated/α-hetero) is 3. The molecule has 0 heterocycles. The van der Waals surface area contributed by atoms with Gasteiger partial charge in [-0.05, 0) is 13.3 Å². The Bertz CT molecular complexity index is 539. The SMILES string of the molecule is CCC(=O)C[C@H](NC(=O)CCOCCOCCOCCOCCCC(=O)COC)C(C)=O. The number of ketones is 3. The molecule has 0 fully saturated rings. The van der Waals surface area contributed by atoms with Gasteiger partial charge in [-0.1, -0.05) is 6.92 Å². The van der Waals surface area contributed by atoms with Crippen molar-refractivity contribution < 1.29 is 42.9 Å². The van der Waals surface area contributed by atoms with Gasteiger partial charge in [-0.3, -0.25) is 19.2 Å². The maximum Gasteiger partial charge on any atom is 0.222 e. The molecule has 0 saturated carbocycles. The van der Waals surface area contributed by atoms with Crippen LogP contribution in [0.1, 0.15) is 46.0 Å². The highest BCUT2D eigenvalue weighted by Gasteiger charge is 2.19. The first-order valence-corrected chi connectivity index (χ1v) is 11.0. The molecular formula is C22H39NO9. The van der Waals surface area contributed by atoms with Gasteiger partial charge >= 0.3 is 0 Å². The fraction of sp³-hybridized carbons (Fsp3) is 0.818. The predicted octanol–water partition coefficient (Wildman–Crippen LogP) is 0.882. The second kappa shape index (κ2) is 21.1. The summed E-state index contributed by atoms with van der Waals surface area (Å²) in [7, 11) is 1.50. The van der Waals surface area contributed by atoms with Crippen LogP contribution >= 0.6 is 0 Å². The first kappa shape index (κ1) is 30.3. The maximum absolute atomic E-state index is 11.9. The molecule has 0 aliphatic rings. The summed E-state index contributed by atoms with van der Waals surface area (Å²) in [5, 5.41) is 2.57. The zero-order valence-corrected chi connectivity index (χ0v) is 19.7. The highest BCUT2D eigenvalue weighted by atomic mass is 16.6. The molecule has 0 aliphatic heterocycles. The van der Waals surface area contributed by atoms with Gasteiger partial charge in [0.2, 0.25) is 5.91 Å². The van der Waals surface area contributed by atoms with Crippen LogP contribution in [0.25, 0.3) is 0 Å². The summed E-state index contributed by atoms with van der Waals surface area (Å²) in [6.07, 6.45) is 1.58. The lowest BCUT2D eigenvalue weighted by atomic mass is 10.1. The van der Waals surface area contributed by atoms with Crippen LogP contribution in [0.2, 0.25) is 0 Å². The minimum atomic E-state index is -0.770. The molecule has 0 aromatic heterocycles. The lowest BCUT2D eigenvalue weighted by molar-refractivity contribution is -0.129. The van der Waals surface area contributed by atoms with Crippen molar-refractivity contribution in [2.45, 2.75) is 52.0 Å². The molecule has 186 valence electrons. The molecule has 0 aromatic rings. The van der Waals surface area contributed by atoms with Crippen molar-refractivity contribution in [3.63, 3.8) is 0 Å². The fourth-order valence-corrected chi connectivity index (χ4v) is 2.47. The Kier molecular flexibility index (Phi) is 20.0. The summed E-state index contributed by atoms with van der Waals surface area (Å²) in [5.41, 5.74) is 0. The summed E-state index contributed by atoms with van der Waals surface area (Å²) in [6, 6.07) is -0.770. The summed E-state index contributed by atoms with van der Waals surface area (Å²) in [4.78, 5) is 46.1. The van der Waals surface area contributed by atoms with Crippen molar-refractivity contribution in [3.8, 4) is 0 Å². The third-order valence-corrected chi connectivity index (χ3v) is 4.29. The molecule has 0 unspecified atom stereocenters. The molecule has 10 nitrogen and oxygen atoms in total. The zero-order valence-electron chi connectivity index (χ0n) is 19.7. The smallest absolute Gasteiger partial charge is 0.222 e. The molecule has 0 aromatic carbocycles. The Morgan fingerprint density at radius 2 is 1.28 bits per heavy atom. The zero-order chi connectivity index (χ0) is 24.0. The van der Waals surface area contributed by atoms with Crippen LogP contribution in [0.4, 0.5) is 0 Å². The average Bonchev–Trinajstić information content (AvgIpc) is 2.75. The first-order valence-electron chi connectivity index (χ1n) is 11.0. The van der Waals surface area contributed by atoms with Crippen LogP contribution in [0.3, 0.4) is 0 Å². The molecular weight excluding hydrogens is 422 g/mol. The van der Waals surface area contributed by atoms with E-state index >= 15 is 0 Å². The van der Waals surface area contributed by atoms with Gasteiger partial charge in [0.1, 0.15) is 12.4 Å². The number of carbonyl (C=O) groups excluding carboxylic acids is 4. The van der Waals surface area contributed by atoms with Crippen LogP contribution in [0.5, 0.6) is 0 Å². The van der Waals surface area contributed by atoms with E-state index in [1.54, 1.807) is 6.92 Å². The average molecular weight is 462 g/mol. The van der Waals surface area contributed by atoms with Crippen LogP contribution in [0.15, 0.2) is 0 Å². The van der Waals surface area contributed by atoms with E-state index in [1.807, 2.05) is 0 Å². The van der Waals surface area contributed by atoms with Gasteiger partial charge in [0.15, 0.2) is 11.6 Å². The number of hydrogen-bond donors (Lipinski definition) is 1. The Morgan fingerprint density at radius 1 is 0.750 bits per heavy atom. The molecule has 1 atom stereocenters. The van der Waals surface area contributed by atoms with Crippen LogP contribution in [-0.2, 0) is 42.9 Å². The van der Waals surface area contributed by atoms with Crippen LogP contribution in [0, 0.1) is 0 Å². The highest BCUT2D eigenvalue weighted by molar-refractivity contribution is 5.92. The van der Waals surface area contributed by atoms with Crippen molar-refractivity contribution >= 4 is 23.3 Å². The van der Waals surface area contributed by atoms with E-state index in [0.29, 0.717) is 65.5 Å². The van der Waals surface area contributed by atoms with Crippen molar-refractivity contribution in [1.82, 2.24) is 5.32 Å². The van der Waals surface area contributed by atoms with Crippen molar-refractivity contribution in [2.24, 2.45) is 0 Å². The largest absolute Gasteiger partial charge is 0.379 e. The molecule has 0 radical (unpaired) electrons. The Labute approximate surface area is 190 Å². The van der Waals surface area contributed by atoms with E-state index in [2.05, 4.69) is 5.32 Å². The third-order valence-electron chi connectivity index (χ3n) is 4.29. The summed E-state index contributed by atoms with van der Waals surface area (Å²) >= 11 is 0. The quantitative estimate of drug-likeness (QED) is 0.221. The van der Waals surface area contributed by atoms with E-state index in [0.717, 1.165) is 0 Å². The molecule has 32 heavy (non-hydrogen) atoms. The summed E-state index contributed by atoms with van der Waals surface area (Å²) < 4.78 is 26.2. The number of ether oxygens (including phenoxy) is 5. The number of rotatable bonds is 23. The number of amides is 1. The van der Waals surface area contributed by atoms with Gasteiger partial charge in [0.05, 0.1) is 52.3 Å². The van der Waals surface area contributed by atoms with Crippen molar-refractivity contribution in [2.75, 3.05) is 66.6 Å². The van der Waals surface area contributed by atoms with E-state index in [1.165, 1.54) is 14.0 Å². The fourth-order valence-electron chi connectivity index (χ4n) is 2.47. The molecule has 0 bridgehead atoms. The van der Waals surface area contributed by atoms with Gasteiger partial charge in [0.25, 0.3) is 0 Å². The van der Waals surface area contributed by atoms with E-state index < -0.39 is 6.04 Å². The van der Waals surface area contributed by atoms with E-state index in [-0.39, 0.29) is 49.3 Å². The minimum Gasteiger partial charge on any atom is -0.379 e. The van der Waals surface area contributed by atoms with Gasteiger partial charge in [0, 0.05) is 39.4 Å². The van der Waals surface area contributed by atoms with Crippen LogP contribution in [-0.4, -0.2) is 95.9 Å². The molecule has 0 saturated heterocycles. The minimum absolute atomic E-state index is 0.0242. The van der Waals surface area contributed by atoms with Crippen molar-refractivity contribution in [3.05, 3.63) is 0 Å². The topological polar surface area (TPSA) is 126 Å². The van der Waals surface area contributed by atoms with Gasteiger partial charge in [-0.2, -0.15) is 0 Å². The standard InChI is InChI=1S/C22H39NO9/c1-4-19(25)16-21(18(2)24)23-22(27)7-9-30-11-13-32-15-14-31-12-10-29-8-5-6-20(26)17-28-3/h21H,4-17H2,1-3H3,(H,23,27)/t21-/m0/s1. The van der Waals surface area contributed by atoms with E-state index in [4.69, 9.17) is 23.7 Å². The predicted molar refractivity (Wildman–Crippen MR) is 117 cm³/mol. The highest BCUT2D eigenvalue weighted by Crippen LogP contribution is 1.99. The summed E-state index contributed by atoms with van der Waals surface area (Å²) in [5.74, 6) is -0.565. The molecule has 0 spiro atoms. The lowest BCUT2D eigenvalue weighted by Crippen LogP contribution is -2.41. The third kappa shape index (κ3) is 19.0. The lowest BCUT2D eigenvalue weighted by Gasteiger charge is -2.15. The monoisotopic (exact) mass is 461 g/mol. The first-order chi connectivity index (χ1) is 15.4. The molecule has 1 amide bonds. The molecule has 10 heteroatoms. The summed E-state index contributed by atoms with van der Waals surface area (Å²) in [6.45, 7) is 6.40. The van der Waals surface area contributed by atoms with Gasteiger partial charge in [-0.25, -0.2) is 0 Å². The second-order valence-corrected chi connectivity index (χ2v) is 7.10. The number of hydrogen-bond acceptors (Lipinski definition) is 9. The molecule has 0 rings (SSSR count). The molecule has 1 N–H and O–H groups in total. The maximum atomic E-state index is 11.9. The second-order valence-electron chi connectivity index (χ2n) is 7.10. The van der Waals surface area contributed by atoms with Gasteiger partial charge < -0.3 is 29.0 Å². The van der Waals surface area contributed by atoms with Crippen LogP contribution < -0.4 is 5.32 Å². The van der Waals surface area contributed by atoms with E-state index in [9.17, 15) is 19.2 Å².